The Balaban J connectivity index is 3.62. The molecular formula is C12H27NO3S2. The Kier molecular flexibility index (Phi) is 16.1. The third kappa shape index (κ3) is 13.0. The minimum Gasteiger partial charge on any atom is -0.385 e. The van der Waals surface area contributed by atoms with Crippen LogP contribution in [0.3, 0.4) is 0 Å². The average Bonchev–Trinajstić information content (AvgIpc) is 2.39. The van der Waals surface area contributed by atoms with Gasteiger partial charge in [-0.2, -0.15) is 25.3 Å². The van der Waals surface area contributed by atoms with E-state index in [9.17, 15) is 0 Å². The second-order valence-corrected chi connectivity index (χ2v) is 4.75. The molecule has 0 unspecified atom stereocenters. The summed E-state index contributed by atoms with van der Waals surface area (Å²) < 4.78 is 16.0. The molecule has 0 saturated heterocycles. The fourth-order valence-corrected chi connectivity index (χ4v) is 1.75. The largest absolute Gasteiger partial charge is 0.385 e. The molecule has 0 aliphatic rings. The highest BCUT2D eigenvalue weighted by atomic mass is 32.1. The SMILES string of the molecule is COCCCN(CCOCCS)CCOCCS. The van der Waals surface area contributed by atoms with Gasteiger partial charge in [0.2, 0.25) is 0 Å². The standard InChI is InChI=1S/C12H27NO3S2/c1-14-6-2-3-13(4-7-15-9-11-17)5-8-16-10-12-18/h17-18H,2-12H2,1H3. The number of nitrogens with zero attached hydrogens (tertiary/aromatic N) is 1. The van der Waals surface area contributed by atoms with Gasteiger partial charge >= 0.3 is 0 Å². The minimum absolute atomic E-state index is 0.713. The van der Waals surface area contributed by atoms with Gasteiger partial charge in [-0.1, -0.05) is 0 Å². The summed E-state index contributed by atoms with van der Waals surface area (Å²) in [7, 11) is 1.73. The molecule has 0 spiro atoms. The summed E-state index contributed by atoms with van der Waals surface area (Å²) in [6.45, 7) is 6.60. The van der Waals surface area contributed by atoms with E-state index in [4.69, 9.17) is 14.2 Å². The lowest BCUT2D eigenvalue weighted by molar-refractivity contribution is 0.0791. The Labute approximate surface area is 122 Å². The first-order valence-corrected chi connectivity index (χ1v) is 7.70. The minimum atomic E-state index is 0.713. The topological polar surface area (TPSA) is 30.9 Å². The molecule has 0 aliphatic carbocycles. The fourth-order valence-electron chi connectivity index (χ4n) is 1.49. The van der Waals surface area contributed by atoms with Gasteiger partial charge in [0.25, 0.3) is 0 Å². The summed E-state index contributed by atoms with van der Waals surface area (Å²) in [5, 5.41) is 0. The maximum Gasteiger partial charge on any atom is 0.0593 e. The smallest absolute Gasteiger partial charge is 0.0593 e. The molecule has 0 aromatic heterocycles. The quantitative estimate of drug-likeness (QED) is 0.373. The maximum atomic E-state index is 5.44. The lowest BCUT2D eigenvalue weighted by Crippen LogP contribution is -2.32. The van der Waals surface area contributed by atoms with Gasteiger partial charge in [-0.15, -0.1) is 0 Å². The van der Waals surface area contributed by atoms with E-state index in [-0.39, 0.29) is 0 Å². The number of hydrogen-bond acceptors (Lipinski definition) is 6. The highest BCUT2D eigenvalue weighted by Gasteiger charge is 2.04. The van der Waals surface area contributed by atoms with Gasteiger partial charge in [-0.05, 0) is 6.42 Å². The van der Waals surface area contributed by atoms with Crippen molar-refractivity contribution in [1.29, 1.82) is 0 Å². The summed E-state index contributed by atoms with van der Waals surface area (Å²) in [6, 6.07) is 0. The first-order chi connectivity index (χ1) is 8.85. The van der Waals surface area contributed by atoms with Gasteiger partial charge in [0.05, 0.1) is 26.4 Å². The molecule has 0 radical (unpaired) electrons. The van der Waals surface area contributed by atoms with E-state index in [1.165, 1.54) is 0 Å². The van der Waals surface area contributed by atoms with Crippen LogP contribution in [0, 0.1) is 0 Å². The monoisotopic (exact) mass is 297 g/mol. The molecule has 0 amide bonds. The molecule has 0 aromatic carbocycles. The zero-order valence-corrected chi connectivity index (χ0v) is 13.1. The fraction of sp³-hybridized carbons (Fsp3) is 1.00. The molecular weight excluding hydrogens is 270 g/mol. The summed E-state index contributed by atoms with van der Waals surface area (Å²) in [4.78, 5) is 2.34. The number of hydrogen-bond donors (Lipinski definition) is 2. The Morgan fingerprint density at radius 1 is 0.778 bits per heavy atom. The zero-order chi connectivity index (χ0) is 13.5. The normalized spacial score (nSPS) is 11.3. The summed E-state index contributed by atoms with van der Waals surface area (Å²) in [6.07, 6.45) is 1.04. The van der Waals surface area contributed by atoms with Crippen molar-refractivity contribution in [2.75, 3.05) is 71.3 Å². The second-order valence-electron chi connectivity index (χ2n) is 3.86. The maximum absolute atomic E-state index is 5.44. The number of thiol groups is 2. The van der Waals surface area contributed by atoms with Gasteiger partial charge in [0.1, 0.15) is 0 Å². The zero-order valence-electron chi connectivity index (χ0n) is 11.3. The van der Waals surface area contributed by atoms with Gasteiger partial charge in [-0.25, -0.2) is 0 Å². The predicted molar refractivity (Wildman–Crippen MR) is 82.3 cm³/mol. The second kappa shape index (κ2) is 15.6. The van der Waals surface area contributed by atoms with Crippen LogP contribution in [0.15, 0.2) is 0 Å². The van der Waals surface area contributed by atoms with Crippen LogP contribution in [0.1, 0.15) is 6.42 Å². The Morgan fingerprint density at radius 2 is 1.33 bits per heavy atom. The van der Waals surface area contributed by atoms with E-state index >= 15 is 0 Å². The molecule has 0 aliphatic heterocycles. The Morgan fingerprint density at radius 3 is 1.78 bits per heavy atom. The number of ether oxygens (including phenoxy) is 3. The van der Waals surface area contributed by atoms with Crippen LogP contribution in [0.25, 0.3) is 0 Å². The predicted octanol–water partition coefficient (Wildman–Crippen LogP) is 1.22. The van der Waals surface area contributed by atoms with Crippen molar-refractivity contribution in [2.45, 2.75) is 6.42 Å². The van der Waals surface area contributed by atoms with E-state index in [2.05, 4.69) is 30.2 Å². The molecule has 0 aromatic rings. The first-order valence-electron chi connectivity index (χ1n) is 6.43. The van der Waals surface area contributed by atoms with Crippen LogP contribution >= 0.6 is 25.3 Å². The van der Waals surface area contributed by atoms with E-state index in [1.807, 2.05) is 0 Å². The van der Waals surface area contributed by atoms with Crippen LogP contribution in [0.5, 0.6) is 0 Å². The molecule has 0 fully saturated rings. The first kappa shape index (κ1) is 18.5. The average molecular weight is 297 g/mol. The van der Waals surface area contributed by atoms with E-state index in [0.29, 0.717) is 13.2 Å². The van der Waals surface area contributed by atoms with Gasteiger partial charge in [0, 0.05) is 44.9 Å². The van der Waals surface area contributed by atoms with Gasteiger partial charge in [0.15, 0.2) is 0 Å². The molecule has 0 saturated carbocycles. The van der Waals surface area contributed by atoms with Crippen molar-refractivity contribution >= 4 is 25.3 Å². The lowest BCUT2D eigenvalue weighted by atomic mass is 10.4. The van der Waals surface area contributed by atoms with Crippen molar-refractivity contribution in [1.82, 2.24) is 4.90 Å². The van der Waals surface area contributed by atoms with Crippen molar-refractivity contribution in [2.24, 2.45) is 0 Å². The summed E-state index contributed by atoms with van der Waals surface area (Å²) >= 11 is 8.22. The Hall–Kier alpha value is 0.540. The molecule has 6 heteroatoms. The highest BCUT2D eigenvalue weighted by molar-refractivity contribution is 7.80. The molecule has 0 heterocycles. The number of methoxy groups -OCH3 is 1. The molecule has 0 N–H and O–H groups in total. The van der Waals surface area contributed by atoms with Crippen LogP contribution in [-0.4, -0.2) is 76.2 Å². The number of rotatable bonds is 14. The third-order valence-electron chi connectivity index (χ3n) is 2.40. The Bertz CT molecular complexity index is 152. The molecule has 0 bridgehead atoms. The molecule has 4 nitrogen and oxygen atoms in total. The van der Waals surface area contributed by atoms with Gasteiger partial charge < -0.3 is 14.2 Å². The van der Waals surface area contributed by atoms with Crippen LogP contribution in [0.2, 0.25) is 0 Å². The summed E-state index contributed by atoms with van der Waals surface area (Å²) in [5.74, 6) is 1.55. The third-order valence-corrected chi connectivity index (χ3v) is 2.76. The van der Waals surface area contributed by atoms with Crippen LogP contribution in [0.4, 0.5) is 0 Å². The van der Waals surface area contributed by atoms with E-state index in [0.717, 1.165) is 57.4 Å². The van der Waals surface area contributed by atoms with Crippen molar-refractivity contribution in [3.8, 4) is 0 Å². The molecule has 0 atom stereocenters. The summed E-state index contributed by atoms with van der Waals surface area (Å²) in [5.41, 5.74) is 0. The van der Waals surface area contributed by atoms with Crippen molar-refractivity contribution in [3.63, 3.8) is 0 Å². The highest BCUT2D eigenvalue weighted by Crippen LogP contribution is 1.94. The van der Waals surface area contributed by atoms with Gasteiger partial charge in [-0.3, -0.25) is 4.90 Å². The van der Waals surface area contributed by atoms with E-state index < -0.39 is 0 Å². The van der Waals surface area contributed by atoms with Crippen LogP contribution in [-0.2, 0) is 14.2 Å². The molecule has 18 heavy (non-hydrogen) atoms. The lowest BCUT2D eigenvalue weighted by Gasteiger charge is -2.22. The van der Waals surface area contributed by atoms with Crippen molar-refractivity contribution < 1.29 is 14.2 Å². The van der Waals surface area contributed by atoms with Crippen molar-refractivity contribution in [3.05, 3.63) is 0 Å². The molecule has 0 rings (SSSR count). The van der Waals surface area contributed by atoms with E-state index in [1.54, 1.807) is 7.11 Å². The van der Waals surface area contributed by atoms with Crippen LogP contribution < -0.4 is 0 Å². The molecule has 110 valence electrons.